The molecule has 7 nitrogen and oxygen atoms in total. The molecular weight excluding hydrogens is 324 g/mol. The smallest absolute Gasteiger partial charge is 0.286 e. The maximum atomic E-state index is 12.6. The zero-order valence-electron chi connectivity index (χ0n) is 14.6. The Labute approximate surface area is 145 Å². The number of nitro groups is 1. The van der Waals surface area contributed by atoms with Crippen molar-refractivity contribution in [1.82, 2.24) is 0 Å². The molecule has 0 saturated heterocycles. The highest BCUT2D eigenvalue weighted by Crippen LogP contribution is 2.35. The lowest BCUT2D eigenvalue weighted by atomic mass is 10.1. The molecule has 2 aromatic rings. The number of aryl methyl sites for hydroxylation is 1. The normalized spacial score (nSPS) is 10.2. The van der Waals surface area contributed by atoms with Gasteiger partial charge in [0.1, 0.15) is 5.56 Å². The third kappa shape index (κ3) is 3.88. The number of nitrogens with zero attached hydrogens (tertiary/aromatic N) is 1. The Morgan fingerprint density at radius 3 is 2.56 bits per heavy atom. The highest BCUT2D eigenvalue weighted by molar-refractivity contribution is 6.08. The van der Waals surface area contributed by atoms with Crippen molar-refractivity contribution < 1.29 is 19.2 Å². The van der Waals surface area contributed by atoms with Gasteiger partial charge in [0.05, 0.1) is 24.7 Å². The molecule has 25 heavy (non-hydrogen) atoms. The summed E-state index contributed by atoms with van der Waals surface area (Å²) in [7, 11) is 1.41. The molecule has 0 aliphatic carbocycles. The van der Waals surface area contributed by atoms with Gasteiger partial charge < -0.3 is 14.8 Å². The fourth-order valence-corrected chi connectivity index (χ4v) is 2.39. The summed E-state index contributed by atoms with van der Waals surface area (Å²) in [6.45, 7) is 5.87. The first-order chi connectivity index (χ1) is 11.9. The van der Waals surface area contributed by atoms with Crippen LogP contribution in [0.3, 0.4) is 0 Å². The number of hydrogen-bond acceptors (Lipinski definition) is 5. The van der Waals surface area contributed by atoms with E-state index in [1.54, 1.807) is 13.0 Å². The fourth-order valence-electron chi connectivity index (χ4n) is 2.39. The number of methoxy groups -OCH3 is 1. The fraction of sp³-hybridized carbons (Fsp3) is 0.278. The second kappa shape index (κ2) is 7.65. The molecule has 132 valence electrons. The van der Waals surface area contributed by atoms with Crippen LogP contribution in [0.15, 0.2) is 30.3 Å². The van der Waals surface area contributed by atoms with Gasteiger partial charge in [-0.2, -0.15) is 0 Å². The van der Waals surface area contributed by atoms with Gasteiger partial charge in [-0.15, -0.1) is 0 Å². The van der Waals surface area contributed by atoms with Gasteiger partial charge in [0.25, 0.3) is 11.6 Å². The van der Waals surface area contributed by atoms with E-state index in [1.165, 1.54) is 19.2 Å². The molecule has 1 amide bonds. The summed E-state index contributed by atoms with van der Waals surface area (Å²) in [5, 5.41) is 14.1. The lowest BCUT2D eigenvalue weighted by molar-refractivity contribution is -0.385. The van der Waals surface area contributed by atoms with Crippen molar-refractivity contribution in [2.24, 2.45) is 0 Å². The first-order valence-electron chi connectivity index (χ1n) is 7.75. The molecule has 2 rings (SSSR count). The Balaban J connectivity index is 2.47. The minimum Gasteiger partial charge on any atom is -0.493 e. The van der Waals surface area contributed by atoms with E-state index in [0.717, 1.165) is 11.1 Å². The topological polar surface area (TPSA) is 90.7 Å². The zero-order valence-corrected chi connectivity index (χ0v) is 14.6. The van der Waals surface area contributed by atoms with Crippen LogP contribution in [0.4, 0.5) is 11.4 Å². The maximum Gasteiger partial charge on any atom is 0.286 e. The van der Waals surface area contributed by atoms with Gasteiger partial charge in [-0.25, -0.2) is 0 Å². The van der Waals surface area contributed by atoms with E-state index < -0.39 is 10.8 Å². The molecule has 0 atom stereocenters. The van der Waals surface area contributed by atoms with Crippen LogP contribution in [0.2, 0.25) is 0 Å². The quantitative estimate of drug-likeness (QED) is 0.634. The number of ether oxygens (including phenoxy) is 2. The predicted molar refractivity (Wildman–Crippen MR) is 94.7 cm³/mol. The predicted octanol–water partition coefficient (Wildman–Crippen LogP) is 3.87. The van der Waals surface area contributed by atoms with Crippen molar-refractivity contribution in [2.75, 3.05) is 19.0 Å². The lowest BCUT2D eigenvalue weighted by Gasteiger charge is -2.13. The summed E-state index contributed by atoms with van der Waals surface area (Å²) in [4.78, 5) is 23.4. The second-order valence-corrected chi connectivity index (χ2v) is 5.41. The van der Waals surface area contributed by atoms with E-state index in [0.29, 0.717) is 12.3 Å². The molecule has 0 fully saturated rings. The Morgan fingerprint density at radius 2 is 1.96 bits per heavy atom. The summed E-state index contributed by atoms with van der Waals surface area (Å²) in [5.74, 6) is -0.0969. The molecule has 0 aliphatic heterocycles. The van der Waals surface area contributed by atoms with Crippen LogP contribution in [0.1, 0.15) is 28.4 Å². The van der Waals surface area contributed by atoms with E-state index in [9.17, 15) is 14.9 Å². The molecule has 0 bridgehead atoms. The van der Waals surface area contributed by atoms with Crippen LogP contribution in [-0.2, 0) is 0 Å². The number of rotatable bonds is 6. The molecule has 7 heteroatoms. The van der Waals surface area contributed by atoms with Gasteiger partial charge in [-0.05, 0) is 38.0 Å². The van der Waals surface area contributed by atoms with Gasteiger partial charge >= 0.3 is 0 Å². The van der Waals surface area contributed by atoms with Crippen LogP contribution in [0.5, 0.6) is 11.5 Å². The molecule has 0 aliphatic rings. The first kappa shape index (κ1) is 18.3. The molecule has 0 spiro atoms. The number of amides is 1. The number of anilines is 1. The van der Waals surface area contributed by atoms with Crippen molar-refractivity contribution in [3.63, 3.8) is 0 Å². The summed E-state index contributed by atoms with van der Waals surface area (Å²) < 4.78 is 10.5. The van der Waals surface area contributed by atoms with Crippen molar-refractivity contribution in [3.05, 3.63) is 57.1 Å². The lowest BCUT2D eigenvalue weighted by Crippen LogP contribution is -2.15. The maximum absolute atomic E-state index is 12.6. The summed E-state index contributed by atoms with van der Waals surface area (Å²) in [6, 6.07) is 8.01. The van der Waals surface area contributed by atoms with Crippen LogP contribution in [0.25, 0.3) is 0 Å². The zero-order chi connectivity index (χ0) is 18.6. The third-order valence-electron chi connectivity index (χ3n) is 3.88. The Hall–Kier alpha value is -3.09. The van der Waals surface area contributed by atoms with Crippen molar-refractivity contribution in [2.45, 2.75) is 20.8 Å². The number of carbonyl (C=O) groups excluding carboxylic acids is 1. The first-order valence-corrected chi connectivity index (χ1v) is 7.75. The average molecular weight is 344 g/mol. The SMILES string of the molecule is CCOc1cc([N+](=O)[O-])c(C(=O)Nc2cccc(C)c2C)cc1OC. The Bertz CT molecular complexity index is 817. The molecule has 0 saturated carbocycles. The molecule has 0 radical (unpaired) electrons. The highest BCUT2D eigenvalue weighted by atomic mass is 16.6. The molecule has 0 aromatic heterocycles. The number of nitro benzene ring substituents is 1. The Morgan fingerprint density at radius 1 is 1.24 bits per heavy atom. The van der Waals surface area contributed by atoms with E-state index >= 15 is 0 Å². The van der Waals surface area contributed by atoms with Crippen molar-refractivity contribution in [3.8, 4) is 11.5 Å². The number of nitrogens with one attached hydrogen (secondary N) is 1. The average Bonchev–Trinajstić information content (AvgIpc) is 2.58. The van der Waals surface area contributed by atoms with Crippen molar-refractivity contribution >= 4 is 17.3 Å². The second-order valence-electron chi connectivity index (χ2n) is 5.41. The third-order valence-corrected chi connectivity index (χ3v) is 3.88. The van der Waals surface area contributed by atoms with Gasteiger partial charge in [-0.3, -0.25) is 14.9 Å². The van der Waals surface area contributed by atoms with Gasteiger partial charge in [0.15, 0.2) is 11.5 Å². The minimum atomic E-state index is -0.611. The summed E-state index contributed by atoms with van der Waals surface area (Å²) in [5.41, 5.74) is 2.08. The minimum absolute atomic E-state index is 0.0915. The Kier molecular flexibility index (Phi) is 5.59. The van der Waals surface area contributed by atoms with Crippen LogP contribution < -0.4 is 14.8 Å². The van der Waals surface area contributed by atoms with E-state index in [4.69, 9.17) is 9.47 Å². The van der Waals surface area contributed by atoms with E-state index in [-0.39, 0.29) is 22.7 Å². The van der Waals surface area contributed by atoms with E-state index in [2.05, 4.69) is 5.32 Å². The molecule has 1 N–H and O–H groups in total. The van der Waals surface area contributed by atoms with Gasteiger partial charge in [0, 0.05) is 11.8 Å². The molecule has 0 unspecified atom stereocenters. The number of carbonyl (C=O) groups is 1. The molecule has 2 aromatic carbocycles. The largest absolute Gasteiger partial charge is 0.493 e. The van der Waals surface area contributed by atoms with E-state index in [1.807, 2.05) is 26.0 Å². The van der Waals surface area contributed by atoms with Crippen LogP contribution in [-0.4, -0.2) is 24.5 Å². The van der Waals surface area contributed by atoms with Gasteiger partial charge in [0.2, 0.25) is 0 Å². The van der Waals surface area contributed by atoms with Crippen LogP contribution >= 0.6 is 0 Å². The van der Waals surface area contributed by atoms with Crippen LogP contribution in [0, 0.1) is 24.0 Å². The molecule has 0 heterocycles. The summed E-state index contributed by atoms with van der Waals surface area (Å²) in [6.07, 6.45) is 0. The highest BCUT2D eigenvalue weighted by Gasteiger charge is 2.25. The van der Waals surface area contributed by atoms with Gasteiger partial charge in [-0.1, -0.05) is 12.1 Å². The number of benzene rings is 2. The van der Waals surface area contributed by atoms with Crippen molar-refractivity contribution in [1.29, 1.82) is 0 Å². The molecular formula is C18H20N2O5. The monoisotopic (exact) mass is 344 g/mol. The summed E-state index contributed by atoms with van der Waals surface area (Å²) >= 11 is 0. The number of hydrogen-bond donors (Lipinski definition) is 1. The standard InChI is InChI=1S/C18H20N2O5/c1-5-25-17-10-15(20(22)23)13(9-16(17)24-4)18(21)19-14-8-6-7-11(2)12(14)3/h6-10H,5H2,1-4H3,(H,19,21).